The minimum absolute atomic E-state index is 0.0567. The summed E-state index contributed by atoms with van der Waals surface area (Å²) in [6, 6.07) is 11.0. The van der Waals surface area contributed by atoms with E-state index in [1.807, 2.05) is 6.07 Å². The first kappa shape index (κ1) is 39.8. The zero-order valence-electron chi connectivity index (χ0n) is 29.6. The Balaban J connectivity index is 1.52. The molecule has 16 heteroatoms. The van der Waals surface area contributed by atoms with Crippen molar-refractivity contribution in [3.8, 4) is 40.2 Å². The molecule has 1 saturated heterocycles. The van der Waals surface area contributed by atoms with Gasteiger partial charge in [-0.1, -0.05) is 18.2 Å². The van der Waals surface area contributed by atoms with Gasteiger partial charge >= 0.3 is 0 Å². The molecule has 0 spiro atoms. The average molecular weight is 747 g/mol. The van der Waals surface area contributed by atoms with E-state index in [9.17, 15) is 40.9 Å². The van der Waals surface area contributed by atoms with Crippen molar-refractivity contribution in [2.45, 2.75) is 54.9 Å². The summed E-state index contributed by atoms with van der Waals surface area (Å²) in [6.07, 6.45) is -7.65. The first-order chi connectivity index (χ1) is 25.5. The number of aliphatic hydroxyl groups is 7. The monoisotopic (exact) mass is 746 g/mol. The predicted molar refractivity (Wildman–Crippen MR) is 186 cm³/mol. The van der Waals surface area contributed by atoms with Crippen molar-refractivity contribution >= 4 is 6.08 Å². The van der Waals surface area contributed by atoms with Crippen LogP contribution in [0.25, 0.3) is 6.08 Å². The SMILES string of the molecule is COc1cc([C@H](O)[C@@H](CO)Oc2c(OC)cc([C@H]3Oc4c(OC)cc(/C=C/CO)cc4[C@@H]3CO[C@@H]3O[C@H](CO)[C@@H](O)[C@H](O)[C@H]3O)cc2OC)ccc1O. The third kappa shape index (κ3) is 8.26. The van der Waals surface area contributed by atoms with E-state index < -0.39 is 68.1 Å². The highest BCUT2D eigenvalue weighted by Crippen LogP contribution is 2.53. The Kier molecular flexibility index (Phi) is 13.3. The minimum atomic E-state index is -1.65. The minimum Gasteiger partial charge on any atom is -0.504 e. The van der Waals surface area contributed by atoms with Crippen LogP contribution in [0.3, 0.4) is 0 Å². The number of benzene rings is 3. The molecule has 9 atom stereocenters. The summed E-state index contributed by atoms with van der Waals surface area (Å²) in [4.78, 5) is 0. The van der Waals surface area contributed by atoms with Gasteiger partial charge in [0.1, 0.15) is 36.6 Å². The smallest absolute Gasteiger partial charge is 0.204 e. The molecule has 2 aliphatic heterocycles. The first-order valence-corrected chi connectivity index (χ1v) is 16.7. The van der Waals surface area contributed by atoms with Crippen LogP contribution in [0.15, 0.2) is 48.5 Å². The second-order valence-corrected chi connectivity index (χ2v) is 12.4. The Morgan fingerprint density at radius 3 is 2.09 bits per heavy atom. The maximum atomic E-state index is 11.2. The summed E-state index contributed by atoms with van der Waals surface area (Å²) in [5.41, 5.74) is 2.11. The van der Waals surface area contributed by atoms with E-state index in [1.54, 1.807) is 30.4 Å². The van der Waals surface area contributed by atoms with Crippen molar-refractivity contribution in [1.82, 2.24) is 0 Å². The van der Waals surface area contributed by atoms with Crippen molar-refractivity contribution in [2.75, 3.05) is 54.9 Å². The fraction of sp³-hybridized carbons (Fsp3) is 0.459. The Labute approximate surface area is 305 Å². The molecule has 290 valence electrons. The quantitative estimate of drug-likeness (QED) is 0.102. The maximum absolute atomic E-state index is 11.2. The number of phenols is 1. The van der Waals surface area contributed by atoms with Gasteiger partial charge in [-0.2, -0.15) is 0 Å². The van der Waals surface area contributed by atoms with E-state index in [1.165, 1.54) is 46.6 Å². The largest absolute Gasteiger partial charge is 0.504 e. The number of aromatic hydroxyl groups is 1. The number of ether oxygens (including phenoxy) is 8. The van der Waals surface area contributed by atoms with E-state index in [0.29, 0.717) is 33.8 Å². The van der Waals surface area contributed by atoms with Crippen LogP contribution in [-0.2, 0) is 9.47 Å². The number of fused-ring (bicyclic) bond motifs is 1. The third-order valence-electron chi connectivity index (χ3n) is 9.20. The maximum Gasteiger partial charge on any atom is 0.204 e. The van der Waals surface area contributed by atoms with Crippen molar-refractivity contribution in [1.29, 1.82) is 0 Å². The summed E-state index contributed by atoms with van der Waals surface area (Å²) >= 11 is 0. The lowest BCUT2D eigenvalue weighted by molar-refractivity contribution is -0.302. The summed E-state index contributed by atoms with van der Waals surface area (Å²) in [5, 5.41) is 81.9. The Bertz CT molecular complexity index is 1690. The molecule has 2 heterocycles. The second-order valence-electron chi connectivity index (χ2n) is 12.4. The van der Waals surface area contributed by atoms with Crippen LogP contribution in [0, 0.1) is 0 Å². The van der Waals surface area contributed by atoms with E-state index in [0.717, 1.165) is 0 Å². The summed E-state index contributed by atoms with van der Waals surface area (Å²) in [5.74, 6) is 0.464. The Morgan fingerprint density at radius 2 is 1.49 bits per heavy atom. The molecule has 0 bridgehead atoms. The molecule has 0 radical (unpaired) electrons. The molecule has 3 aromatic carbocycles. The van der Waals surface area contributed by atoms with Gasteiger partial charge in [-0.25, -0.2) is 0 Å². The molecule has 8 N–H and O–H groups in total. The van der Waals surface area contributed by atoms with Gasteiger partial charge in [-0.05, 0) is 47.5 Å². The third-order valence-corrected chi connectivity index (χ3v) is 9.20. The molecule has 0 amide bonds. The fourth-order valence-electron chi connectivity index (χ4n) is 6.36. The average Bonchev–Trinajstić information content (AvgIpc) is 3.55. The second kappa shape index (κ2) is 17.6. The van der Waals surface area contributed by atoms with Crippen LogP contribution in [0.4, 0.5) is 0 Å². The number of hydrogen-bond donors (Lipinski definition) is 8. The van der Waals surface area contributed by atoms with Crippen LogP contribution in [-0.4, -0.2) is 133 Å². The summed E-state index contributed by atoms with van der Waals surface area (Å²) in [7, 11) is 5.63. The number of rotatable bonds is 16. The molecule has 2 aliphatic rings. The molecule has 16 nitrogen and oxygen atoms in total. The molecular weight excluding hydrogens is 700 g/mol. The lowest BCUT2D eigenvalue weighted by Crippen LogP contribution is -2.59. The highest BCUT2D eigenvalue weighted by Gasteiger charge is 2.46. The van der Waals surface area contributed by atoms with Crippen LogP contribution in [0.2, 0.25) is 0 Å². The van der Waals surface area contributed by atoms with Gasteiger partial charge in [0.2, 0.25) is 5.75 Å². The van der Waals surface area contributed by atoms with Crippen LogP contribution < -0.4 is 28.4 Å². The highest BCUT2D eigenvalue weighted by molar-refractivity contribution is 5.63. The fourth-order valence-corrected chi connectivity index (χ4v) is 6.36. The topological polar surface area (TPSA) is 236 Å². The van der Waals surface area contributed by atoms with E-state index in [4.69, 9.17) is 37.9 Å². The van der Waals surface area contributed by atoms with Gasteiger partial charge in [0.25, 0.3) is 0 Å². The van der Waals surface area contributed by atoms with Gasteiger partial charge in [-0.3, -0.25) is 0 Å². The van der Waals surface area contributed by atoms with Crippen LogP contribution in [0.1, 0.15) is 40.4 Å². The van der Waals surface area contributed by atoms with Gasteiger partial charge in [0, 0.05) is 11.1 Å². The van der Waals surface area contributed by atoms with Crippen molar-refractivity contribution < 1.29 is 78.7 Å². The zero-order chi connectivity index (χ0) is 38.4. The normalized spacial score (nSPS) is 25.0. The Hall–Kier alpha value is -4.36. The van der Waals surface area contributed by atoms with E-state index in [2.05, 4.69) is 0 Å². The molecule has 0 saturated carbocycles. The van der Waals surface area contributed by atoms with Gasteiger partial charge < -0.3 is 78.7 Å². The Morgan fingerprint density at radius 1 is 0.811 bits per heavy atom. The lowest BCUT2D eigenvalue weighted by Gasteiger charge is -2.40. The summed E-state index contributed by atoms with van der Waals surface area (Å²) in [6.45, 7) is -1.63. The van der Waals surface area contributed by atoms with Gasteiger partial charge in [-0.15, -0.1) is 0 Å². The molecule has 0 unspecified atom stereocenters. The lowest BCUT2D eigenvalue weighted by atomic mass is 9.90. The summed E-state index contributed by atoms with van der Waals surface area (Å²) < 4.78 is 46.5. The van der Waals surface area contributed by atoms with Crippen molar-refractivity contribution in [3.63, 3.8) is 0 Å². The zero-order valence-corrected chi connectivity index (χ0v) is 29.6. The van der Waals surface area contributed by atoms with Gasteiger partial charge in [0.15, 0.2) is 46.9 Å². The molecule has 53 heavy (non-hydrogen) atoms. The molecule has 1 fully saturated rings. The highest BCUT2D eigenvalue weighted by atomic mass is 16.7. The number of hydrogen-bond acceptors (Lipinski definition) is 16. The molecule has 0 aromatic heterocycles. The molecule has 5 rings (SSSR count). The van der Waals surface area contributed by atoms with E-state index in [-0.39, 0.29) is 42.0 Å². The van der Waals surface area contributed by atoms with Gasteiger partial charge in [0.05, 0.1) is 60.8 Å². The molecule has 0 aliphatic carbocycles. The molecular formula is C37H46O16. The predicted octanol–water partition coefficient (Wildman–Crippen LogP) is 0.939. The van der Waals surface area contributed by atoms with Crippen LogP contribution in [0.5, 0.6) is 40.2 Å². The van der Waals surface area contributed by atoms with Crippen molar-refractivity contribution in [2.24, 2.45) is 0 Å². The first-order valence-electron chi connectivity index (χ1n) is 16.7. The van der Waals surface area contributed by atoms with E-state index >= 15 is 0 Å². The number of aliphatic hydroxyl groups excluding tert-OH is 7. The van der Waals surface area contributed by atoms with Crippen LogP contribution >= 0.6 is 0 Å². The number of phenolic OH excluding ortho intramolecular Hbond substituents is 1. The van der Waals surface area contributed by atoms with Crippen molar-refractivity contribution in [3.05, 3.63) is 70.8 Å². The molecule has 3 aromatic rings. The number of methoxy groups -OCH3 is 4. The standard InChI is InChI=1S/C37H46O16/c1-46-24-12-19(7-8-23(24)41)30(42)28(15-39)51-36-26(48-3)13-20(14-27(36)49-4)34-22(17-50-37-33(45)32(44)31(43)29(16-40)52-37)21-10-18(6-5-9-38)11-25(47-2)35(21)53-34/h5-8,10-14,22,28-34,37-45H,9,15-17H2,1-4H3/b6-5+/t22-,28+,29+,30-,31+,32-,33+,34+,37+/m0/s1.